The lowest BCUT2D eigenvalue weighted by molar-refractivity contribution is -0.131. The first-order valence-electron chi connectivity index (χ1n) is 10.2. The van der Waals surface area contributed by atoms with Crippen molar-refractivity contribution in [1.29, 1.82) is 0 Å². The van der Waals surface area contributed by atoms with E-state index >= 15 is 0 Å². The molecule has 6 nitrogen and oxygen atoms in total. The monoisotopic (exact) mass is 416 g/mol. The average Bonchev–Trinajstić information content (AvgIpc) is 2.98. The van der Waals surface area contributed by atoms with Gasteiger partial charge < -0.3 is 14.2 Å². The number of carbonyl (C=O) groups excluding carboxylic acids is 3. The molecule has 0 aliphatic carbocycles. The number of halogens is 1. The van der Waals surface area contributed by atoms with Gasteiger partial charge >= 0.3 is 5.97 Å². The Morgan fingerprint density at radius 1 is 1.07 bits per heavy atom. The third-order valence-electron chi connectivity index (χ3n) is 5.11. The number of nitrogens with zero attached hydrogens (tertiary/aromatic N) is 2. The highest BCUT2D eigenvalue weighted by Crippen LogP contribution is 2.24. The molecule has 0 fully saturated rings. The van der Waals surface area contributed by atoms with Crippen molar-refractivity contribution in [2.45, 2.75) is 54.1 Å². The zero-order chi connectivity index (χ0) is 22.4. The van der Waals surface area contributed by atoms with Crippen LogP contribution < -0.4 is 0 Å². The Hall–Kier alpha value is -2.96. The number of rotatable bonds is 9. The third-order valence-corrected chi connectivity index (χ3v) is 5.11. The van der Waals surface area contributed by atoms with Crippen molar-refractivity contribution in [2.24, 2.45) is 0 Å². The summed E-state index contributed by atoms with van der Waals surface area (Å²) in [4.78, 5) is 39.6. The van der Waals surface area contributed by atoms with Gasteiger partial charge in [0.1, 0.15) is 11.5 Å². The van der Waals surface area contributed by atoms with Crippen LogP contribution in [0.5, 0.6) is 0 Å². The molecule has 1 heterocycles. The zero-order valence-corrected chi connectivity index (χ0v) is 18.3. The highest BCUT2D eigenvalue weighted by Gasteiger charge is 2.28. The summed E-state index contributed by atoms with van der Waals surface area (Å²) in [7, 11) is 0. The molecule has 0 aliphatic rings. The van der Waals surface area contributed by atoms with Crippen molar-refractivity contribution in [3.63, 3.8) is 0 Å². The quantitative estimate of drug-likeness (QED) is 0.457. The minimum Gasteiger partial charge on any atom is -0.461 e. The van der Waals surface area contributed by atoms with Gasteiger partial charge in [-0.3, -0.25) is 9.59 Å². The van der Waals surface area contributed by atoms with Gasteiger partial charge in [0.05, 0.1) is 13.2 Å². The number of hydrogen-bond acceptors (Lipinski definition) is 4. The summed E-state index contributed by atoms with van der Waals surface area (Å²) in [6.45, 7) is 9.71. The molecule has 7 heteroatoms. The predicted molar refractivity (Wildman–Crippen MR) is 112 cm³/mol. The molecule has 0 aliphatic heterocycles. The predicted octanol–water partition coefficient (Wildman–Crippen LogP) is 4.06. The number of aromatic nitrogens is 1. The van der Waals surface area contributed by atoms with Crippen LogP contribution in [0.2, 0.25) is 0 Å². The normalized spacial score (nSPS) is 10.7. The van der Waals surface area contributed by atoms with Gasteiger partial charge in [-0.15, -0.1) is 0 Å². The first-order valence-corrected chi connectivity index (χ1v) is 10.2. The van der Waals surface area contributed by atoms with Crippen molar-refractivity contribution >= 4 is 17.7 Å². The largest absolute Gasteiger partial charge is 0.461 e. The second-order valence-corrected chi connectivity index (χ2v) is 7.05. The molecular weight excluding hydrogens is 387 g/mol. The number of hydrogen-bond donors (Lipinski definition) is 0. The molecule has 2 rings (SSSR count). The Morgan fingerprint density at radius 2 is 1.70 bits per heavy atom. The number of benzene rings is 1. The van der Waals surface area contributed by atoms with Crippen LogP contribution in [0.4, 0.5) is 4.39 Å². The van der Waals surface area contributed by atoms with Crippen LogP contribution in [0.15, 0.2) is 24.3 Å². The van der Waals surface area contributed by atoms with Crippen LogP contribution >= 0.6 is 0 Å². The Kier molecular flexibility index (Phi) is 7.92. The van der Waals surface area contributed by atoms with Gasteiger partial charge in [-0.1, -0.05) is 19.1 Å². The molecule has 1 aromatic heterocycles. The van der Waals surface area contributed by atoms with Gasteiger partial charge in [-0.05, 0) is 51.0 Å². The van der Waals surface area contributed by atoms with Gasteiger partial charge in [0, 0.05) is 30.8 Å². The summed E-state index contributed by atoms with van der Waals surface area (Å²) in [5.41, 5.74) is 2.77. The lowest BCUT2D eigenvalue weighted by atomic mass is 10.0. The smallest absolute Gasteiger partial charge is 0.355 e. The number of ketones is 1. The van der Waals surface area contributed by atoms with Crippen LogP contribution in [0, 0.1) is 19.7 Å². The molecule has 0 bridgehead atoms. The Labute approximate surface area is 176 Å². The molecule has 0 N–H and O–H groups in total. The van der Waals surface area contributed by atoms with E-state index in [2.05, 4.69) is 0 Å². The number of ether oxygens (including phenoxy) is 1. The van der Waals surface area contributed by atoms with Gasteiger partial charge in [0.25, 0.3) is 0 Å². The maximum Gasteiger partial charge on any atom is 0.355 e. The van der Waals surface area contributed by atoms with Crippen LogP contribution in [0.3, 0.4) is 0 Å². The molecule has 162 valence electrons. The molecule has 0 radical (unpaired) electrons. The van der Waals surface area contributed by atoms with E-state index in [4.69, 9.17) is 4.74 Å². The van der Waals surface area contributed by atoms with Gasteiger partial charge in [0.15, 0.2) is 5.78 Å². The minimum absolute atomic E-state index is 0.123. The molecule has 30 heavy (non-hydrogen) atoms. The van der Waals surface area contributed by atoms with Crippen LogP contribution in [0.1, 0.15) is 64.9 Å². The lowest BCUT2D eigenvalue weighted by Crippen LogP contribution is -2.35. The summed E-state index contributed by atoms with van der Waals surface area (Å²) < 4.78 is 20.1. The van der Waals surface area contributed by atoms with Crippen molar-refractivity contribution in [1.82, 2.24) is 9.47 Å². The Morgan fingerprint density at radius 3 is 2.23 bits per heavy atom. The van der Waals surface area contributed by atoms with E-state index in [0.29, 0.717) is 29.1 Å². The highest BCUT2D eigenvalue weighted by molar-refractivity contribution is 6.04. The molecule has 2 aromatic rings. The summed E-state index contributed by atoms with van der Waals surface area (Å²) in [5.74, 6) is -1.25. The topological polar surface area (TPSA) is 68.6 Å². The maximum absolute atomic E-state index is 13.2. The van der Waals surface area contributed by atoms with E-state index in [1.165, 1.54) is 17.0 Å². The fraction of sp³-hybridized carbons (Fsp3) is 0.435. The highest BCUT2D eigenvalue weighted by atomic mass is 19.1. The zero-order valence-electron chi connectivity index (χ0n) is 18.3. The number of carbonyl (C=O) groups is 3. The fourth-order valence-corrected chi connectivity index (χ4v) is 3.68. The van der Waals surface area contributed by atoms with E-state index in [0.717, 1.165) is 5.56 Å². The Balaban J connectivity index is 2.36. The summed E-state index contributed by atoms with van der Waals surface area (Å²) in [6, 6.07) is 5.84. The number of esters is 1. The number of amides is 1. The minimum atomic E-state index is -0.466. The number of Topliss-reactive ketones (excluding diaryl/α,β-unsaturated/α-hetero) is 1. The maximum atomic E-state index is 13.2. The second-order valence-electron chi connectivity index (χ2n) is 7.05. The summed E-state index contributed by atoms with van der Waals surface area (Å²) >= 11 is 0. The molecule has 0 spiro atoms. The molecule has 0 saturated carbocycles. The van der Waals surface area contributed by atoms with Gasteiger partial charge in [-0.25, -0.2) is 9.18 Å². The Bertz CT molecular complexity index is 932. The summed E-state index contributed by atoms with van der Waals surface area (Å²) in [6.07, 6.45) is 0.247. The van der Waals surface area contributed by atoms with Crippen LogP contribution in [-0.2, 0) is 22.6 Å². The average molecular weight is 416 g/mol. The van der Waals surface area contributed by atoms with E-state index in [9.17, 15) is 18.8 Å². The molecule has 1 amide bonds. The van der Waals surface area contributed by atoms with Crippen molar-refractivity contribution in [2.75, 3.05) is 13.2 Å². The molecular formula is C23H29FN2O4. The van der Waals surface area contributed by atoms with E-state index in [1.54, 1.807) is 44.4 Å². The SMILES string of the molecule is CCOC(=O)c1c(C)c(C(=O)CN(Cc2ccc(F)cc2)C(=O)CC)c(C)n1CC. The molecule has 1 aromatic carbocycles. The van der Waals surface area contributed by atoms with Crippen molar-refractivity contribution in [3.05, 3.63) is 58.2 Å². The van der Waals surface area contributed by atoms with Gasteiger partial charge in [0.2, 0.25) is 5.91 Å². The molecule has 0 unspecified atom stereocenters. The van der Waals surface area contributed by atoms with Crippen molar-refractivity contribution < 1.29 is 23.5 Å². The van der Waals surface area contributed by atoms with E-state index in [1.807, 2.05) is 6.92 Å². The van der Waals surface area contributed by atoms with Crippen molar-refractivity contribution in [3.8, 4) is 0 Å². The van der Waals surface area contributed by atoms with Gasteiger partial charge in [-0.2, -0.15) is 0 Å². The first-order chi connectivity index (χ1) is 14.2. The van der Waals surface area contributed by atoms with Crippen LogP contribution in [0.25, 0.3) is 0 Å². The fourth-order valence-electron chi connectivity index (χ4n) is 3.68. The molecule has 0 saturated heterocycles. The van der Waals surface area contributed by atoms with E-state index < -0.39 is 5.97 Å². The first kappa shape index (κ1) is 23.3. The standard InChI is InChI=1S/C23H29FN2O4/c1-6-20(28)25(13-17-9-11-18(24)12-10-17)14-19(27)21-15(4)22(23(29)30-8-3)26(7-2)16(21)5/h9-12H,6-8,13-14H2,1-5H3. The summed E-state index contributed by atoms with van der Waals surface area (Å²) in [5, 5.41) is 0. The third kappa shape index (κ3) is 4.96. The van der Waals surface area contributed by atoms with E-state index in [-0.39, 0.29) is 43.6 Å². The lowest BCUT2D eigenvalue weighted by Gasteiger charge is -2.22. The van der Waals surface area contributed by atoms with Crippen LogP contribution in [-0.4, -0.2) is 40.3 Å². The second kappa shape index (κ2) is 10.2. The molecule has 0 atom stereocenters.